The Balaban J connectivity index is 1.92. The lowest BCUT2D eigenvalue weighted by Gasteiger charge is -2.42. The average Bonchev–Trinajstić information content (AvgIpc) is 3.79. The Morgan fingerprint density at radius 3 is 2.50 bits per heavy atom. The number of alkyl carbamates (subject to hydrolysis) is 1. The van der Waals surface area contributed by atoms with Gasteiger partial charge in [0.2, 0.25) is 11.8 Å². The number of carbonyl (C=O) groups is 5. The molecule has 3 aliphatic heterocycles. The summed E-state index contributed by atoms with van der Waals surface area (Å²) in [5.41, 5.74) is -1.48. The molecule has 2 unspecified atom stereocenters. The number of Topliss-reactive ketones (excluding diaryl/α,β-unsaturated/α-hetero) is 1. The Labute approximate surface area is 309 Å². The molecule has 14 nitrogen and oxygen atoms in total. The molecule has 15 heteroatoms. The van der Waals surface area contributed by atoms with Crippen LogP contribution < -0.4 is 15.0 Å². The van der Waals surface area contributed by atoms with Crippen LogP contribution >= 0.6 is 11.6 Å². The van der Waals surface area contributed by atoms with Gasteiger partial charge < -0.3 is 38.6 Å². The van der Waals surface area contributed by atoms with Crippen molar-refractivity contribution in [2.45, 2.75) is 103 Å². The Morgan fingerprint density at radius 1 is 1.23 bits per heavy atom. The van der Waals surface area contributed by atoms with Gasteiger partial charge in [-0.3, -0.25) is 19.7 Å². The predicted molar refractivity (Wildman–Crippen MR) is 191 cm³/mol. The number of hydrogen-bond acceptors (Lipinski definition) is 11. The van der Waals surface area contributed by atoms with Gasteiger partial charge in [-0.2, -0.15) is 0 Å². The smallest absolute Gasteiger partial charge is 0.409 e. The zero-order valence-electron chi connectivity index (χ0n) is 31.4. The number of aliphatic hydroxyl groups is 1. The molecule has 3 aliphatic rings. The van der Waals surface area contributed by atoms with Crippen molar-refractivity contribution < 1.29 is 52.8 Å². The van der Waals surface area contributed by atoms with Gasteiger partial charge in [-0.05, 0) is 44.9 Å². The number of allylic oxidation sites excluding steroid dienone is 3. The summed E-state index contributed by atoms with van der Waals surface area (Å²) < 4.78 is 29.2. The van der Waals surface area contributed by atoms with E-state index in [9.17, 15) is 29.1 Å². The average molecular weight is 748 g/mol. The van der Waals surface area contributed by atoms with Gasteiger partial charge in [-0.25, -0.2) is 9.59 Å². The number of halogens is 1. The third-order valence-electron chi connectivity index (χ3n) is 10.4. The van der Waals surface area contributed by atoms with E-state index in [0.717, 1.165) is 11.1 Å². The van der Waals surface area contributed by atoms with Crippen molar-refractivity contribution in [1.82, 2.24) is 10.2 Å². The van der Waals surface area contributed by atoms with Crippen LogP contribution in [0.1, 0.15) is 59.9 Å². The molecule has 286 valence electrons. The molecule has 2 N–H and O–H groups in total. The van der Waals surface area contributed by atoms with Crippen LogP contribution in [-0.4, -0.2) is 110 Å². The van der Waals surface area contributed by atoms with E-state index in [4.69, 9.17) is 35.3 Å². The molecule has 2 saturated heterocycles. The number of epoxide rings is 1. The van der Waals surface area contributed by atoms with Crippen molar-refractivity contribution in [2.24, 2.45) is 11.8 Å². The standard InChI is InChI=1S/C37H50ClN3O11/c1-11-25(43)29-32(51-34(45)21(4)40(7)22(5)42)36(6)31(52-36)20(3)27-18-37(47,39-35(46)50-27)28(49-10)14-12-13-19(2)15-23-16-24(41(8)33(29)44)30(38)26(17-23)48-9/h12-14,16-17,20-21,27-29,31-32,47H,11,15,18H2,1-10H3,(H,39,46)/b14-12+,19-13+/t20-,21+,27+,28?,29?,31+,32+,36-,37+/m1/s1. The Bertz CT molecular complexity index is 1650. The fraction of sp³-hybridized carbons (Fsp3) is 0.595. The molecule has 52 heavy (non-hydrogen) atoms. The van der Waals surface area contributed by atoms with Crippen molar-refractivity contribution in [3.63, 3.8) is 0 Å². The van der Waals surface area contributed by atoms with Crippen LogP contribution in [0.2, 0.25) is 5.02 Å². The second-order valence-corrected chi connectivity index (χ2v) is 14.4. The number of hydrogen-bond donors (Lipinski definition) is 2. The topological polar surface area (TPSA) is 174 Å². The molecule has 1 aromatic rings. The summed E-state index contributed by atoms with van der Waals surface area (Å²) in [6.07, 6.45) is 0.220. The van der Waals surface area contributed by atoms with Gasteiger partial charge in [-0.15, -0.1) is 0 Å². The molecule has 0 aliphatic carbocycles. The fourth-order valence-corrected chi connectivity index (χ4v) is 7.25. The largest absolute Gasteiger partial charge is 0.495 e. The first-order valence-corrected chi connectivity index (χ1v) is 17.6. The number of amides is 3. The number of esters is 1. The van der Waals surface area contributed by atoms with Crippen LogP contribution in [0.3, 0.4) is 0 Å². The minimum absolute atomic E-state index is 0.0943. The van der Waals surface area contributed by atoms with Crippen molar-refractivity contribution >= 4 is 46.9 Å². The van der Waals surface area contributed by atoms with E-state index in [-0.39, 0.29) is 23.6 Å². The van der Waals surface area contributed by atoms with Crippen LogP contribution in [0, 0.1) is 11.8 Å². The molecule has 0 radical (unpaired) electrons. The Kier molecular flexibility index (Phi) is 12.5. The first-order chi connectivity index (χ1) is 24.3. The highest BCUT2D eigenvalue weighted by molar-refractivity contribution is 6.35. The van der Waals surface area contributed by atoms with Gasteiger partial charge >= 0.3 is 12.1 Å². The monoisotopic (exact) mass is 747 g/mol. The maximum Gasteiger partial charge on any atom is 0.409 e. The fourth-order valence-electron chi connectivity index (χ4n) is 6.94. The second-order valence-electron chi connectivity index (χ2n) is 14.0. The third kappa shape index (κ3) is 8.14. The predicted octanol–water partition coefficient (Wildman–Crippen LogP) is 3.74. The second kappa shape index (κ2) is 15.9. The molecular weight excluding hydrogens is 698 g/mol. The molecule has 0 aromatic heterocycles. The lowest BCUT2D eigenvalue weighted by molar-refractivity contribution is -0.166. The number of anilines is 1. The zero-order valence-corrected chi connectivity index (χ0v) is 32.1. The lowest BCUT2D eigenvalue weighted by atomic mass is 9.79. The molecular formula is C37H50ClN3O11. The molecule has 0 spiro atoms. The number of rotatable bonds is 7. The minimum Gasteiger partial charge on any atom is -0.495 e. The van der Waals surface area contributed by atoms with Gasteiger partial charge in [0.25, 0.3) is 0 Å². The number of nitrogens with zero attached hydrogens (tertiary/aromatic N) is 2. The number of likely N-dealkylation sites (N-methyl/N-ethyl adjacent to an activating group) is 1. The van der Waals surface area contributed by atoms with E-state index >= 15 is 0 Å². The Hall–Kier alpha value is -3.98. The molecule has 2 fully saturated rings. The lowest BCUT2D eigenvalue weighted by Crippen LogP contribution is -2.63. The molecule has 9 atom stereocenters. The number of fused-ring (bicyclic) bond motifs is 5. The van der Waals surface area contributed by atoms with Crippen LogP contribution in [0.4, 0.5) is 10.5 Å². The SMILES string of the molecule is CCC(=O)C1C(=O)N(C)c2cc(cc(OC)c2Cl)C/C(C)=C/C=C/C(OC)[C@@]2(O)C[C@H](OC(=O)N2)[C@@H](C)[C@@H]2O[C@@]2(C)[C@H]1OC(=O)[C@H](C)N(C)C(C)=O. The van der Waals surface area contributed by atoms with Crippen molar-refractivity contribution in [3.05, 3.63) is 46.5 Å². The van der Waals surface area contributed by atoms with E-state index in [0.29, 0.717) is 12.2 Å². The highest BCUT2D eigenvalue weighted by atomic mass is 35.5. The number of carbonyl (C=O) groups excluding carboxylic acids is 5. The molecule has 4 bridgehead atoms. The van der Waals surface area contributed by atoms with Crippen molar-refractivity contribution in [2.75, 3.05) is 33.2 Å². The molecule has 1 aromatic carbocycles. The maximum absolute atomic E-state index is 14.7. The summed E-state index contributed by atoms with van der Waals surface area (Å²) in [7, 11) is 5.76. The molecule has 3 amide bonds. The van der Waals surface area contributed by atoms with E-state index in [2.05, 4.69) is 5.32 Å². The van der Waals surface area contributed by atoms with Crippen LogP contribution in [0.5, 0.6) is 5.75 Å². The summed E-state index contributed by atoms with van der Waals surface area (Å²) >= 11 is 6.79. The zero-order chi connectivity index (χ0) is 38.9. The van der Waals surface area contributed by atoms with Crippen molar-refractivity contribution in [3.8, 4) is 5.75 Å². The van der Waals surface area contributed by atoms with Crippen molar-refractivity contribution in [1.29, 1.82) is 0 Å². The van der Waals surface area contributed by atoms with E-state index < -0.39 is 83.3 Å². The number of methoxy groups -OCH3 is 2. The highest BCUT2D eigenvalue weighted by Crippen LogP contribution is 2.50. The highest BCUT2D eigenvalue weighted by Gasteiger charge is 2.67. The minimum atomic E-state index is -1.88. The maximum atomic E-state index is 14.7. The van der Waals surface area contributed by atoms with Crippen LogP contribution in [0.25, 0.3) is 0 Å². The first kappa shape index (κ1) is 40.8. The summed E-state index contributed by atoms with van der Waals surface area (Å²) in [5, 5.41) is 14.4. The number of ketones is 1. The quantitative estimate of drug-likeness (QED) is 0.236. The van der Waals surface area contributed by atoms with E-state index in [1.165, 1.54) is 52.0 Å². The van der Waals surface area contributed by atoms with Crippen LogP contribution in [0.15, 0.2) is 35.9 Å². The van der Waals surface area contributed by atoms with E-state index in [1.807, 2.05) is 13.0 Å². The number of ether oxygens (including phenoxy) is 5. The normalized spacial score (nSPS) is 32.9. The Morgan fingerprint density at radius 2 is 1.90 bits per heavy atom. The van der Waals surface area contributed by atoms with Crippen LogP contribution in [-0.2, 0) is 44.5 Å². The molecule has 3 heterocycles. The first-order valence-electron chi connectivity index (χ1n) is 17.2. The van der Waals surface area contributed by atoms with Gasteiger partial charge in [0.15, 0.2) is 11.8 Å². The molecule has 0 saturated carbocycles. The summed E-state index contributed by atoms with van der Waals surface area (Å²) in [6, 6.07) is 2.38. The van der Waals surface area contributed by atoms with Gasteiger partial charge in [-0.1, -0.05) is 49.2 Å². The third-order valence-corrected chi connectivity index (χ3v) is 10.8. The van der Waals surface area contributed by atoms with Gasteiger partial charge in [0.05, 0.1) is 18.9 Å². The van der Waals surface area contributed by atoms with E-state index in [1.54, 1.807) is 45.1 Å². The summed E-state index contributed by atoms with van der Waals surface area (Å²) in [6.45, 7) is 9.59. The molecule has 4 rings (SSSR count). The summed E-state index contributed by atoms with van der Waals surface area (Å²) in [5.74, 6) is -4.46. The van der Waals surface area contributed by atoms with Gasteiger partial charge in [0.1, 0.15) is 46.3 Å². The summed E-state index contributed by atoms with van der Waals surface area (Å²) in [4.78, 5) is 69.8. The number of benzene rings is 1. The van der Waals surface area contributed by atoms with Gasteiger partial charge in [0, 0.05) is 46.9 Å². The number of nitrogens with one attached hydrogen (secondary N) is 1.